The fourth-order valence-electron chi connectivity index (χ4n) is 1.58. The van der Waals surface area contributed by atoms with Crippen LogP contribution in [0.25, 0.3) is 11.4 Å². The number of ether oxygens (including phenoxy) is 2. The van der Waals surface area contributed by atoms with Gasteiger partial charge in [0.1, 0.15) is 5.75 Å². The number of hydrogen-bond acceptors (Lipinski definition) is 5. The van der Waals surface area contributed by atoms with Crippen LogP contribution in [0, 0.1) is 0 Å². The Morgan fingerprint density at radius 1 is 1.00 bits per heavy atom. The lowest BCUT2D eigenvalue weighted by Crippen LogP contribution is -2.02. The molecule has 1 heterocycles. The number of benzene rings is 1. The summed E-state index contributed by atoms with van der Waals surface area (Å²) in [7, 11) is 0. The molecule has 0 N–H and O–H groups in total. The van der Waals surface area contributed by atoms with Crippen LogP contribution < -0.4 is 9.47 Å². The van der Waals surface area contributed by atoms with Crippen molar-refractivity contribution in [3.8, 4) is 23.1 Å². The second-order valence-electron chi connectivity index (χ2n) is 3.57. The Labute approximate surface area is 116 Å². The first kappa shape index (κ1) is 13.5. The third-order valence-electron chi connectivity index (χ3n) is 2.29. The second kappa shape index (κ2) is 6.33. The molecule has 1 aromatic carbocycles. The van der Waals surface area contributed by atoms with E-state index in [9.17, 15) is 0 Å². The van der Waals surface area contributed by atoms with Crippen LogP contribution >= 0.6 is 11.6 Å². The molecule has 0 aliphatic rings. The van der Waals surface area contributed by atoms with E-state index in [-0.39, 0.29) is 11.3 Å². The average molecular weight is 280 g/mol. The predicted octanol–water partition coefficient (Wildman–Crippen LogP) is 2.99. The number of para-hydroxylation sites is 1. The van der Waals surface area contributed by atoms with Crippen molar-refractivity contribution in [2.24, 2.45) is 0 Å². The highest BCUT2D eigenvalue weighted by molar-refractivity contribution is 6.28. The Balaban J connectivity index is 2.46. The molecule has 0 atom stereocenters. The van der Waals surface area contributed by atoms with Crippen molar-refractivity contribution >= 4 is 11.6 Å². The molecule has 0 aliphatic heterocycles. The zero-order valence-electron chi connectivity index (χ0n) is 10.8. The first-order valence-corrected chi connectivity index (χ1v) is 6.39. The van der Waals surface area contributed by atoms with E-state index >= 15 is 0 Å². The van der Waals surface area contributed by atoms with Crippen molar-refractivity contribution in [3.05, 3.63) is 29.5 Å². The van der Waals surface area contributed by atoms with E-state index in [1.807, 2.05) is 38.1 Å². The molecule has 0 aliphatic carbocycles. The molecule has 0 radical (unpaired) electrons. The highest BCUT2D eigenvalue weighted by atomic mass is 35.5. The molecule has 0 saturated heterocycles. The van der Waals surface area contributed by atoms with Gasteiger partial charge in [-0.15, -0.1) is 0 Å². The van der Waals surface area contributed by atoms with E-state index in [1.165, 1.54) is 0 Å². The number of nitrogens with zero attached hydrogens (tertiary/aromatic N) is 3. The summed E-state index contributed by atoms with van der Waals surface area (Å²) in [5.74, 6) is 1.14. The Morgan fingerprint density at radius 2 is 1.74 bits per heavy atom. The maximum atomic E-state index is 5.88. The van der Waals surface area contributed by atoms with E-state index in [1.54, 1.807) is 0 Å². The minimum absolute atomic E-state index is 0.0970. The Hall–Kier alpha value is -1.88. The summed E-state index contributed by atoms with van der Waals surface area (Å²) < 4.78 is 10.8. The van der Waals surface area contributed by atoms with Gasteiger partial charge in [-0.1, -0.05) is 12.1 Å². The maximum Gasteiger partial charge on any atom is 0.321 e. The Kier molecular flexibility index (Phi) is 4.52. The van der Waals surface area contributed by atoms with Crippen LogP contribution in [0.5, 0.6) is 11.8 Å². The largest absolute Gasteiger partial charge is 0.493 e. The van der Waals surface area contributed by atoms with Crippen LogP contribution in [0.2, 0.25) is 5.28 Å². The van der Waals surface area contributed by atoms with Gasteiger partial charge in [0.15, 0.2) is 5.82 Å². The van der Waals surface area contributed by atoms with Gasteiger partial charge in [0, 0.05) is 0 Å². The molecule has 0 saturated carbocycles. The first-order chi connectivity index (χ1) is 9.24. The molecular formula is C13H14ClN3O2. The predicted molar refractivity (Wildman–Crippen MR) is 72.6 cm³/mol. The number of halogens is 1. The summed E-state index contributed by atoms with van der Waals surface area (Å²) in [5, 5.41) is 0.0970. The van der Waals surface area contributed by atoms with E-state index in [2.05, 4.69) is 15.0 Å². The summed E-state index contributed by atoms with van der Waals surface area (Å²) >= 11 is 5.88. The molecular weight excluding hydrogens is 266 g/mol. The fourth-order valence-corrected chi connectivity index (χ4v) is 1.73. The van der Waals surface area contributed by atoms with Gasteiger partial charge in [0.05, 0.1) is 18.8 Å². The van der Waals surface area contributed by atoms with Gasteiger partial charge in [-0.3, -0.25) is 0 Å². The van der Waals surface area contributed by atoms with Crippen LogP contribution in [0.1, 0.15) is 13.8 Å². The topological polar surface area (TPSA) is 57.1 Å². The van der Waals surface area contributed by atoms with E-state index in [4.69, 9.17) is 21.1 Å². The third kappa shape index (κ3) is 3.32. The zero-order chi connectivity index (χ0) is 13.7. The third-order valence-corrected chi connectivity index (χ3v) is 2.46. The summed E-state index contributed by atoms with van der Waals surface area (Å²) in [4.78, 5) is 12.2. The number of aromatic nitrogens is 3. The lowest BCUT2D eigenvalue weighted by Gasteiger charge is -2.09. The van der Waals surface area contributed by atoms with Gasteiger partial charge in [-0.25, -0.2) is 0 Å². The van der Waals surface area contributed by atoms with Crippen molar-refractivity contribution in [1.29, 1.82) is 0 Å². The maximum absolute atomic E-state index is 5.88. The lowest BCUT2D eigenvalue weighted by molar-refractivity contribution is 0.311. The van der Waals surface area contributed by atoms with Gasteiger partial charge < -0.3 is 9.47 Å². The van der Waals surface area contributed by atoms with Crippen molar-refractivity contribution in [1.82, 2.24) is 15.0 Å². The van der Waals surface area contributed by atoms with Crippen molar-refractivity contribution < 1.29 is 9.47 Å². The average Bonchev–Trinajstić information content (AvgIpc) is 2.39. The van der Waals surface area contributed by atoms with Gasteiger partial charge in [0.25, 0.3) is 0 Å². The lowest BCUT2D eigenvalue weighted by atomic mass is 10.2. The van der Waals surface area contributed by atoms with Crippen LogP contribution in [0.15, 0.2) is 24.3 Å². The molecule has 6 heteroatoms. The molecule has 0 amide bonds. The molecule has 1 aromatic heterocycles. The van der Waals surface area contributed by atoms with E-state index in [0.29, 0.717) is 24.8 Å². The summed E-state index contributed by atoms with van der Waals surface area (Å²) in [5.41, 5.74) is 0.759. The molecule has 19 heavy (non-hydrogen) atoms. The first-order valence-electron chi connectivity index (χ1n) is 6.01. The minimum Gasteiger partial charge on any atom is -0.493 e. The monoisotopic (exact) mass is 279 g/mol. The number of hydrogen-bond donors (Lipinski definition) is 0. The van der Waals surface area contributed by atoms with Crippen LogP contribution in [-0.2, 0) is 0 Å². The van der Waals surface area contributed by atoms with Crippen molar-refractivity contribution in [3.63, 3.8) is 0 Å². The zero-order valence-corrected chi connectivity index (χ0v) is 11.5. The smallest absolute Gasteiger partial charge is 0.321 e. The minimum atomic E-state index is 0.0970. The highest BCUT2D eigenvalue weighted by Gasteiger charge is 2.12. The van der Waals surface area contributed by atoms with Crippen LogP contribution in [0.3, 0.4) is 0 Å². The van der Waals surface area contributed by atoms with Gasteiger partial charge >= 0.3 is 6.01 Å². The molecule has 0 bridgehead atoms. The summed E-state index contributed by atoms with van der Waals surface area (Å²) in [6.45, 7) is 4.80. The normalized spacial score (nSPS) is 10.3. The van der Waals surface area contributed by atoms with Crippen molar-refractivity contribution in [2.45, 2.75) is 13.8 Å². The second-order valence-corrected chi connectivity index (χ2v) is 3.91. The summed E-state index contributed by atoms with van der Waals surface area (Å²) in [6.07, 6.45) is 0. The molecule has 0 fully saturated rings. The molecule has 2 aromatic rings. The Morgan fingerprint density at radius 3 is 2.47 bits per heavy atom. The van der Waals surface area contributed by atoms with Crippen LogP contribution in [-0.4, -0.2) is 28.2 Å². The quantitative estimate of drug-likeness (QED) is 0.842. The molecule has 0 spiro atoms. The molecule has 0 unspecified atom stereocenters. The van der Waals surface area contributed by atoms with Gasteiger partial charge in [-0.05, 0) is 37.6 Å². The SMILES string of the molecule is CCOc1nc(Cl)nc(-c2ccccc2OCC)n1. The number of rotatable bonds is 5. The molecule has 100 valence electrons. The fraction of sp³-hybridized carbons (Fsp3) is 0.308. The van der Waals surface area contributed by atoms with Gasteiger partial charge in [0.2, 0.25) is 5.28 Å². The Bertz CT molecular complexity index is 563. The standard InChI is InChI=1S/C13H14ClN3O2/c1-3-18-10-8-6-5-7-9(10)11-15-12(14)17-13(16-11)19-4-2/h5-8H,3-4H2,1-2H3. The van der Waals surface area contributed by atoms with Crippen molar-refractivity contribution in [2.75, 3.05) is 13.2 Å². The van der Waals surface area contributed by atoms with E-state index in [0.717, 1.165) is 5.56 Å². The highest BCUT2D eigenvalue weighted by Crippen LogP contribution is 2.28. The molecule has 5 nitrogen and oxygen atoms in total. The molecule has 2 rings (SSSR count). The van der Waals surface area contributed by atoms with E-state index < -0.39 is 0 Å². The van der Waals surface area contributed by atoms with Gasteiger partial charge in [-0.2, -0.15) is 15.0 Å². The van der Waals surface area contributed by atoms with Crippen LogP contribution in [0.4, 0.5) is 0 Å². The summed E-state index contributed by atoms with van der Waals surface area (Å²) in [6, 6.07) is 7.71.